The molecule has 23 heavy (non-hydrogen) atoms. The van der Waals surface area contributed by atoms with Crippen molar-refractivity contribution in [2.45, 2.75) is 55.8 Å². The average Bonchev–Trinajstić information content (AvgIpc) is 2.31. The second-order valence-electron chi connectivity index (χ2n) is 7.64. The second-order valence-corrected chi connectivity index (χ2v) is 9.18. The molecule has 0 saturated heterocycles. The molecule has 4 rings (SSSR count). The van der Waals surface area contributed by atoms with E-state index >= 15 is 0 Å². The van der Waals surface area contributed by atoms with E-state index in [0.29, 0.717) is 18.3 Å². The number of carbonyl (C=O) groups excluding carboxylic acids is 1. The first-order valence-corrected chi connectivity index (χ1v) is 9.09. The highest BCUT2D eigenvalue weighted by Crippen LogP contribution is 2.61. The van der Waals surface area contributed by atoms with Gasteiger partial charge in [-0.2, -0.15) is 17.2 Å². The predicted octanol–water partition coefficient (Wildman–Crippen LogP) is 1.73. The van der Waals surface area contributed by atoms with Crippen LogP contribution >= 0.6 is 0 Å². The molecule has 0 aromatic carbocycles. The Morgan fingerprint density at radius 3 is 2.26 bits per heavy atom. The normalized spacial score (nSPS) is 39.5. The summed E-state index contributed by atoms with van der Waals surface area (Å²) in [5.74, 6) is -0.645. The van der Waals surface area contributed by atoms with E-state index in [9.17, 15) is 27.1 Å². The van der Waals surface area contributed by atoms with E-state index in [0.717, 1.165) is 32.1 Å². The molecule has 4 aliphatic rings. The van der Waals surface area contributed by atoms with E-state index in [1.54, 1.807) is 0 Å². The van der Waals surface area contributed by atoms with Crippen molar-refractivity contribution < 1.29 is 36.4 Å². The maximum atomic E-state index is 13.1. The van der Waals surface area contributed by atoms with Gasteiger partial charge in [0.1, 0.15) is 6.42 Å². The van der Waals surface area contributed by atoms with Crippen molar-refractivity contribution in [3.8, 4) is 0 Å². The Balaban J connectivity index is 1.62. The van der Waals surface area contributed by atoms with Gasteiger partial charge in [-0.3, -0.25) is 9.35 Å². The number of ether oxygens (including phenoxy) is 1. The summed E-state index contributed by atoms with van der Waals surface area (Å²) in [5.41, 5.74) is -1.16. The van der Waals surface area contributed by atoms with E-state index in [4.69, 9.17) is 9.29 Å². The van der Waals surface area contributed by atoms with E-state index < -0.39 is 38.8 Å². The first kappa shape index (κ1) is 17.0. The third-order valence-corrected chi connectivity index (χ3v) is 6.32. The number of rotatable bonds is 5. The molecule has 0 amide bonds. The van der Waals surface area contributed by atoms with Gasteiger partial charge in [-0.15, -0.1) is 0 Å². The molecule has 6 nitrogen and oxygen atoms in total. The number of hydrogen-bond acceptors (Lipinski definition) is 5. The summed E-state index contributed by atoms with van der Waals surface area (Å²) in [5, 5.41) is 6.00. The van der Waals surface area contributed by atoms with Gasteiger partial charge in [-0.1, -0.05) is 0 Å². The molecular weight excluding hydrogens is 334 g/mol. The average molecular weight is 354 g/mol. The first-order valence-electron chi connectivity index (χ1n) is 7.65. The molecule has 4 aliphatic carbocycles. The maximum absolute atomic E-state index is 13.1. The summed E-state index contributed by atoms with van der Waals surface area (Å²) in [4.78, 5) is 11.5. The number of halogens is 2. The zero-order chi connectivity index (χ0) is 17.1. The Morgan fingerprint density at radius 1 is 1.22 bits per heavy atom. The van der Waals surface area contributed by atoms with Crippen molar-refractivity contribution in [3.63, 3.8) is 0 Å². The molecule has 0 aliphatic heterocycles. The van der Waals surface area contributed by atoms with Crippen LogP contribution < -0.4 is 0 Å². The van der Waals surface area contributed by atoms with Gasteiger partial charge in [-0.05, 0) is 50.4 Å². The van der Waals surface area contributed by atoms with Crippen LogP contribution in [0.3, 0.4) is 0 Å². The maximum Gasteiger partial charge on any atom is 0.380 e. The lowest BCUT2D eigenvalue weighted by atomic mass is 9.48. The highest BCUT2D eigenvalue weighted by atomic mass is 32.2. The van der Waals surface area contributed by atoms with Crippen LogP contribution in [0.1, 0.15) is 44.9 Å². The van der Waals surface area contributed by atoms with Crippen molar-refractivity contribution >= 4 is 16.1 Å². The number of alkyl halides is 2. The quantitative estimate of drug-likeness (QED) is 0.576. The molecule has 0 aromatic rings. The van der Waals surface area contributed by atoms with Crippen molar-refractivity contribution in [2.75, 3.05) is 6.61 Å². The van der Waals surface area contributed by atoms with Crippen LogP contribution in [0.4, 0.5) is 8.78 Å². The van der Waals surface area contributed by atoms with Gasteiger partial charge in [0, 0.05) is 5.41 Å². The molecule has 2 atom stereocenters. The number of hydrogen-bond donors (Lipinski definition) is 2. The fraction of sp³-hybridized carbons (Fsp3) is 0.929. The van der Waals surface area contributed by atoms with E-state index in [1.165, 1.54) is 0 Å². The molecule has 0 spiro atoms. The molecule has 0 radical (unpaired) electrons. The van der Waals surface area contributed by atoms with Gasteiger partial charge in [0.25, 0.3) is 0 Å². The smallest absolute Gasteiger partial charge is 0.380 e. The molecule has 132 valence electrons. The van der Waals surface area contributed by atoms with Crippen LogP contribution in [-0.4, -0.2) is 41.5 Å². The highest BCUT2D eigenvalue weighted by Gasteiger charge is 2.57. The minimum atomic E-state index is -5.64. The molecule has 0 heterocycles. The van der Waals surface area contributed by atoms with Gasteiger partial charge >= 0.3 is 21.3 Å². The zero-order valence-electron chi connectivity index (χ0n) is 12.5. The lowest BCUT2D eigenvalue weighted by Gasteiger charge is -2.59. The van der Waals surface area contributed by atoms with Crippen LogP contribution in [0.15, 0.2) is 0 Å². The van der Waals surface area contributed by atoms with Crippen LogP contribution in [-0.2, 0) is 19.6 Å². The summed E-state index contributed by atoms with van der Waals surface area (Å²) in [6.45, 7) is -0.0945. The fourth-order valence-corrected chi connectivity index (χ4v) is 5.41. The molecule has 9 heteroatoms. The van der Waals surface area contributed by atoms with Gasteiger partial charge in [0.05, 0.1) is 12.2 Å². The number of carbonyl (C=O) groups is 1. The van der Waals surface area contributed by atoms with Crippen LogP contribution in [0, 0.1) is 17.3 Å². The summed E-state index contributed by atoms with van der Waals surface area (Å²) in [6.07, 6.45) is 2.86. The molecule has 2 unspecified atom stereocenters. The third kappa shape index (κ3) is 3.23. The summed E-state index contributed by atoms with van der Waals surface area (Å²) < 4.78 is 60.6. The van der Waals surface area contributed by atoms with Crippen LogP contribution in [0.25, 0.3) is 0 Å². The minimum Gasteiger partial charge on any atom is -0.465 e. The Morgan fingerprint density at radius 2 is 1.78 bits per heavy atom. The van der Waals surface area contributed by atoms with Crippen LogP contribution in [0.5, 0.6) is 0 Å². The summed E-state index contributed by atoms with van der Waals surface area (Å²) in [7, 11) is -5.64. The lowest BCUT2D eigenvalue weighted by Crippen LogP contribution is -2.57. The van der Waals surface area contributed by atoms with E-state index in [1.807, 2.05) is 0 Å². The van der Waals surface area contributed by atoms with Gasteiger partial charge in [-0.25, -0.2) is 0 Å². The topological polar surface area (TPSA) is 101 Å². The van der Waals surface area contributed by atoms with Gasteiger partial charge < -0.3 is 9.84 Å². The molecular formula is C14H20F2O6S. The second kappa shape index (κ2) is 5.10. The highest BCUT2D eigenvalue weighted by molar-refractivity contribution is 7.86. The Bertz CT molecular complexity index is 603. The molecule has 0 aromatic heterocycles. The van der Waals surface area contributed by atoms with Crippen molar-refractivity contribution in [1.82, 2.24) is 0 Å². The van der Waals surface area contributed by atoms with E-state index in [-0.39, 0.29) is 6.61 Å². The van der Waals surface area contributed by atoms with Crippen molar-refractivity contribution in [3.05, 3.63) is 0 Å². The Kier molecular flexibility index (Phi) is 3.77. The standard InChI is InChI=1S/C14H20F2O6S/c15-14(16,23(19,20)21)6-11(17)22-8-12-2-9-1-10(3-12)5-13(18,4-9)7-12/h9-10,18H,1-8H2,(H,19,20,21). The fourth-order valence-electron chi connectivity index (χ4n) is 5.11. The Hall–Kier alpha value is -0.800. The largest absolute Gasteiger partial charge is 0.465 e. The SMILES string of the molecule is O=C(CC(F)(F)S(=O)(=O)O)OCC12CC3CC(CC(O)(C3)C1)C2. The molecule has 2 N–H and O–H groups in total. The summed E-state index contributed by atoms with van der Waals surface area (Å²) in [6, 6.07) is 0. The minimum absolute atomic E-state index is 0.0945. The van der Waals surface area contributed by atoms with E-state index in [2.05, 4.69) is 0 Å². The zero-order valence-corrected chi connectivity index (χ0v) is 13.3. The van der Waals surface area contributed by atoms with Gasteiger partial charge in [0.2, 0.25) is 0 Å². The molecule has 4 bridgehead atoms. The molecule has 4 saturated carbocycles. The lowest BCUT2D eigenvalue weighted by molar-refractivity contribution is -0.188. The first-order chi connectivity index (χ1) is 10.4. The number of esters is 1. The van der Waals surface area contributed by atoms with Crippen molar-refractivity contribution in [1.29, 1.82) is 0 Å². The predicted molar refractivity (Wildman–Crippen MR) is 74.1 cm³/mol. The Labute approximate surface area is 132 Å². The summed E-state index contributed by atoms with van der Waals surface area (Å²) >= 11 is 0. The van der Waals surface area contributed by atoms with Gasteiger partial charge in [0.15, 0.2) is 0 Å². The van der Waals surface area contributed by atoms with Crippen LogP contribution in [0.2, 0.25) is 0 Å². The monoisotopic (exact) mass is 354 g/mol. The molecule has 4 fully saturated rings. The van der Waals surface area contributed by atoms with Crippen molar-refractivity contribution in [2.24, 2.45) is 17.3 Å². The third-order valence-electron chi connectivity index (χ3n) is 5.42. The number of aliphatic hydroxyl groups is 1.